The first kappa shape index (κ1) is 18.6. The van der Waals surface area contributed by atoms with Crippen LogP contribution in [0, 0.1) is 6.92 Å². The van der Waals surface area contributed by atoms with Crippen LogP contribution in [0.5, 0.6) is 5.75 Å². The van der Waals surface area contributed by atoms with Crippen LogP contribution in [0.25, 0.3) is 16.5 Å². The summed E-state index contributed by atoms with van der Waals surface area (Å²) in [6.45, 7) is 1.55. The molecule has 0 atom stereocenters. The number of benzene rings is 1. The van der Waals surface area contributed by atoms with E-state index in [2.05, 4.69) is 20.4 Å². The number of anilines is 1. The van der Waals surface area contributed by atoms with Crippen LogP contribution in [0.2, 0.25) is 0 Å². The molecule has 3 heterocycles. The number of nitrogens with one attached hydrogen (secondary N) is 2. The average molecular weight is 407 g/mol. The van der Waals surface area contributed by atoms with Crippen LogP contribution >= 0.6 is 11.3 Å². The molecule has 9 heteroatoms. The maximum Gasteiger partial charge on any atom is 0.263 e. The lowest BCUT2D eigenvalue weighted by Gasteiger charge is -2.09. The fraction of sp³-hybridized carbons (Fsp3) is 0.100. The number of amides is 1. The maximum atomic E-state index is 12.4. The molecule has 0 bridgehead atoms. The number of nitrogens with zero attached hydrogens (tertiary/aromatic N) is 3. The van der Waals surface area contributed by atoms with Gasteiger partial charge in [0.05, 0.1) is 4.88 Å². The van der Waals surface area contributed by atoms with E-state index in [9.17, 15) is 9.59 Å². The zero-order chi connectivity index (χ0) is 20.2. The highest BCUT2D eigenvalue weighted by Gasteiger charge is 2.16. The van der Waals surface area contributed by atoms with Crippen molar-refractivity contribution in [2.75, 3.05) is 11.9 Å². The highest BCUT2D eigenvalue weighted by atomic mass is 32.1. The summed E-state index contributed by atoms with van der Waals surface area (Å²) in [7, 11) is 0. The first-order valence-electron chi connectivity index (χ1n) is 8.78. The van der Waals surface area contributed by atoms with Gasteiger partial charge in [0, 0.05) is 17.8 Å². The van der Waals surface area contributed by atoms with Gasteiger partial charge >= 0.3 is 0 Å². The van der Waals surface area contributed by atoms with Gasteiger partial charge in [-0.25, -0.2) is 4.98 Å². The van der Waals surface area contributed by atoms with Crippen molar-refractivity contribution in [1.82, 2.24) is 19.7 Å². The maximum absolute atomic E-state index is 12.4. The van der Waals surface area contributed by atoms with Gasteiger partial charge in [-0.05, 0) is 30.5 Å². The van der Waals surface area contributed by atoms with E-state index in [1.54, 1.807) is 25.1 Å². The van der Waals surface area contributed by atoms with Gasteiger partial charge in [0.1, 0.15) is 17.3 Å². The fourth-order valence-electron chi connectivity index (χ4n) is 2.68. The van der Waals surface area contributed by atoms with E-state index in [1.165, 1.54) is 22.1 Å². The molecule has 0 fully saturated rings. The Balaban J connectivity index is 1.62. The van der Waals surface area contributed by atoms with Gasteiger partial charge < -0.3 is 10.1 Å². The topological polar surface area (TPSA) is 102 Å². The summed E-state index contributed by atoms with van der Waals surface area (Å²) in [5.41, 5.74) is 0.899. The summed E-state index contributed by atoms with van der Waals surface area (Å²) in [5, 5.41) is 9.23. The van der Waals surface area contributed by atoms with E-state index < -0.39 is 0 Å². The number of aromatic nitrogens is 4. The molecule has 0 aliphatic rings. The number of aryl methyl sites for hydroxylation is 1. The first-order chi connectivity index (χ1) is 14.1. The molecular formula is C20H17N5O3S. The molecule has 0 unspecified atom stereocenters. The molecule has 0 aliphatic heterocycles. The molecule has 4 aromatic rings. The van der Waals surface area contributed by atoms with Crippen LogP contribution in [0.1, 0.15) is 5.69 Å². The molecular weight excluding hydrogens is 390 g/mol. The van der Waals surface area contributed by atoms with Crippen molar-refractivity contribution in [1.29, 1.82) is 0 Å². The van der Waals surface area contributed by atoms with Gasteiger partial charge in [-0.2, -0.15) is 9.78 Å². The zero-order valence-electron chi connectivity index (χ0n) is 15.5. The molecule has 146 valence electrons. The highest BCUT2D eigenvalue weighted by Crippen LogP contribution is 2.27. The lowest BCUT2D eigenvalue weighted by Crippen LogP contribution is -2.23. The first-order valence-corrected chi connectivity index (χ1v) is 9.66. The highest BCUT2D eigenvalue weighted by molar-refractivity contribution is 7.13. The third kappa shape index (κ3) is 4.41. The Labute approximate surface area is 169 Å². The number of carbonyl (C=O) groups excluding carboxylic acids is 1. The third-order valence-corrected chi connectivity index (χ3v) is 4.81. The van der Waals surface area contributed by atoms with Crippen LogP contribution in [-0.2, 0) is 4.79 Å². The predicted molar refractivity (Wildman–Crippen MR) is 111 cm³/mol. The number of hydrogen-bond donors (Lipinski definition) is 2. The summed E-state index contributed by atoms with van der Waals surface area (Å²) >= 11 is 1.52. The van der Waals surface area contributed by atoms with Crippen molar-refractivity contribution in [2.45, 2.75) is 6.92 Å². The second-order valence-electron chi connectivity index (χ2n) is 6.16. The van der Waals surface area contributed by atoms with E-state index in [0.717, 1.165) is 4.88 Å². The Kier molecular flexibility index (Phi) is 5.21. The van der Waals surface area contributed by atoms with E-state index in [0.29, 0.717) is 23.0 Å². The normalized spacial score (nSPS) is 10.7. The molecule has 1 aromatic carbocycles. The SMILES string of the molecule is Cc1cc(=O)[nH]c(-n2nc(-c3cccs3)cc2NC(=O)COc2ccccc2)n1. The zero-order valence-corrected chi connectivity index (χ0v) is 16.3. The molecule has 29 heavy (non-hydrogen) atoms. The second kappa shape index (κ2) is 8.11. The third-order valence-electron chi connectivity index (χ3n) is 3.92. The molecule has 8 nitrogen and oxygen atoms in total. The van der Waals surface area contributed by atoms with Gasteiger partial charge in [-0.3, -0.25) is 14.6 Å². The molecule has 0 saturated heterocycles. The summed E-state index contributed by atoms with van der Waals surface area (Å²) < 4.78 is 6.90. The van der Waals surface area contributed by atoms with Crippen molar-refractivity contribution >= 4 is 23.1 Å². The Morgan fingerprint density at radius 1 is 1.21 bits per heavy atom. The van der Waals surface area contributed by atoms with Crippen molar-refractivity contribution in [3.8, 4) is 22.3 Å². The summed E-state index contributed by atoms with van der Waals surface area (Å²) in [6.07, 6.45) is 0. The minimum absolute atomic E-state index is 0.165. The fourth-order valence-corrected chi connectivity index (χ4v) is 3.37. The van der Waals surface area contributed by atoms with Gasteiger partial charge in [0.2, 0.25) is 5.95 Å². The average Bonchev–Trinajstić information content (AvgIpc) is 3.36. The molecule has 0 radical (unpaired) electrons. The molecule has 4 rings (SSSR count). The summed E-state index contributed by atoms with van der Waals surface area (Å²) in [4.78, 5) is 32.2. The summed E-state index contributed by atoms with van der Waals surface area (Å²) in [5.74, 6) is 0.837. The summed E-state index contributed by atoms with van der Waals surface area (Å²) in [6, 6.07) is 16.0. The number of para-hydroxylation sites is 1. The lowest BCUT2D eigenvalue weighted by atomic mass is 10.3. The van der Waals surface area contributed by atoms with Crippen LogP contribution in [0.4, 0.5) is 5.82 Å². The van der Waals surface area contributed by atoms with Crippen LogP contribution in [-0.4, -0.2) is 32.3 Å². The largest absolute Gasteiger partial charge is 0.484 e. The lowest BCUT2D eigenvalue weighted by molar-refractivity contribution is -0.118. The van der Waals surface area contributed by atoms with Crippen LogP contribution in [0.15, 0.2) is 64.8 Å². The standard InChI is InChI=1S/C20H17N5O3S/c1-13-10-18(26)23-20(21-13)25-17(11-15(24-25)16-8-5-9-29-16)22-19(27)12-28-14-6-3-2-4-7-14/h2-11H,12H2,1H3,(H,22,27)(H,21,23,26). The molecule has 0 saturated carbocycles. The Bertz CT molecular complexity index is 1180. The smallest absolute Gasteiger partial charge is 0.263 e. The minimum Gasteiger partial charge on any atom is -0.484 e. The molecule has 1 amide bonds. The second-order valence-corrected chi connectivity index (χ2v) is 7.11. The number of H-pyrrole nitrogens is 1. The van der Waals surface area contributed by atoms with Crippen molar-refractivity contribution < 1.29 is 9.53 Å². The van der Waals surface area contributed by atoms with Crippen molar-refractivity contribution in [3.05, 3.63) is 76.0 Å². The minimum atomic E-state index is -0.359. The van der Waals surface area contributed by atoms with Gasteiger partial charge in [0.25, 0.3) is 11.5 Å². The van der Waals surface area contributed by atoms with E-state index in [4.69, 9.17) is 4.74 Å². The molecule has 0 spiro atoms. The van der Waals surface area contributed by atoms with Crippen LogP contribution in [0.3, 0.4) is 0 Å². The number of rotatable bonds is 6. The van der Waals surface area contributed by atoms with Gasteiger partial charge in [-0.1, -0.05) is 24.3 Å². The number of carbonyl (C=O) groups is 1. The Morgan fingerprint density at radius 2 is 2.03 bits per heavy atom. The van der Waals surface area contributed by atoms with E-state index in [1.807, 2.05) is 35.7 Å². The Morgan fingerprint density at radius 3 is 2.76 bits per heavy atom. The molecule has 3 aromatic heterocycles. The van der Waals surface area contributed by atoms with E-state index >= 15 is 0 Å². The Hall–Kier alpha value is -3.72. The number of thiophene rings is 1. The number of aromatic amines is 1. The quantitative estimate of drug-likeness (QED) is 0.512. The molecule has 2 N–H and O–H groups in total. The van der Waals surface area contributed by atoms with E-state index in [-0.39, 0.29) is 24.0 Å². The number of ether oxygens (including phenoxy) is 1. The monoisotopic (exact) mass is 407 g/mol. The predicted octanol–water partition coefficient (Wildman–Crippen LogP) is 3.01. The van der Waals surface area contributed by atoms with Crippen molar-refractivity contribution in [2.24, 2.45) is 0 Å². The van der Waals surface area contributed by atoms with Gasteiger partial charge in [0.15, 0.2) is 6.61 Å². The molecule has 0 aliphatic carbocycles. The van der Waals surface area contributed by atoms with Crippen LogP contribution < -0.4 is 15.6 Å². The van der Waals surface area contributed by atoms with Crippen molar-refractivity contribution in [3.63, 3.8) is 0 Å². The van der Waals surface area contributed by atoms with Gasteiger partial charge in [-0.15, -0.1) is 11.3 Å². The number of hydrogen-bond acceptors (Lipinski definition) is 6.